The van der Waals surface area contributed by atoms with E-state index in [1.54, 1.807) is 7.05 Å². The quantitative estimate of drug-likeness (QED) is 0.507. The van der Waals surface area contributed by atoms with Crippen LogP contribution in [0.15, 0.2) is 4.99 Å². The van der Waals surface area contributed by atoms with E-state index in [2.05, 4.69) is 15.6 Å². The summed E-state index contributed by atoms with van der Waals surface area (Å²) in [6.45, 7) is 3.16. The van der Waals surface area contributed by atoms with Crippen molar-refractivity contribution in [3.05, 3.63) is 0 Å². The molecule has 98 valence electrons. The Morgan fingerprint density at radius 2 is 2.24 bits per heavy atom. The molecule has 4 N–H and O–H groups in total. The summed E-state index contributed by atoms with van der Waals surface area (Å²) in [5.74, 6) is 0. The predicted octanol–water partition coefficient (Wildman–Crippen LogP) is -1.27. The number of amidine groups is 1. The van der Waals surface area contributed by atoms with Crippen LogP contribution >= 0.6 is 11.8 Å². The Balaban J connectivity index is 2.06. The Morgan fingerprint density at radius 3 is 2.88 bits per heavy atom. The van der Waals surface area contributed by atoms with Crippen molar-refractivity contribution in [3.8, 4) is 0 Å². The van der Waals surface area contributed by atoms with Crippen molar-refractivity contribution >= 4 is 16.9 Å². The number of rotatable bonds is 3. The van der Waals surface area contributed by atoms with Gasteiger partial charge in [-0.25, -0.2) is 0 Å². The van der Waals surface area contributed by atoms with Crippen LogP contribution in [0.2, 0.25) is 0 Å². The fourth-order valence-electron chi connectivity index (χ4n) is 2.07. The predicted molar refractivity (Wildman–Crippen MR) is 67.1 cm³/mol. The second-order valence-electron chi connectivity index (χ2n) is 4.15. The molecule has 2 saturated heterocycles. The van der Waals surface area contributed by atoms with E-state index in [1.807, 2.05) is 6.92 Å². The molecule has 0 spiro atoms. The number of fused-ring (bicyclic) bond motifs is 1. The maximum Gasteiger partial charge on any atom is 0.159 e. The summed E-state index contributed by atoms with van der Waals surface area (Å²) in [4.78, 5) is 4.26. The van der Waals surface area contributed by atoms with Crippen LogP contribution in [-0.4, -0.2) is 65.3 Å². The molecule has 2 fully saturated rings. The number of hydrogen-bond donors (Lipinski definition) is 4. The molecule has 0 radical (unpaired) electrons. The maximum atomic E-state index is 10.0. The summed E-state index contributed by atoms with van der Waals surface area (Å²) in [7, 11) is 1.79. The second-order valence-corrected chi connectivity index (χ2v) is 5.24. The minimum absolute atomic E-state index is 0.183. The second kappa shape index (κ2) is 5.53. The molecule has 2 rings (SSSR count). The Hall–Kier alpha value is -0.340. The van der Waals surface area contributed by atoms with Crippen LogP contribution in [0.3, 0.4) is 0 Å². The van der Waals surface area contributed by atoms with E-state index in [-0.39, 0.29) is 17.6 Å². The molecule has 0 aromatic heterocycles. The Labute approximate surface area is 105 Å². The number of nitrogens with zero attached hydrogens (tertiary/aromatic N) is 1. The van der Waals surface area contributed by atoms with Gasteiger partial charge < -0.3 is 25.6 Å². The first kappa shape index (κ1) is 13.1. The smallest absolute Gasteiger partial charge is 0.159 e. The van der Waals surface area contributed by atoms with Gasteiger partial charge in [-0.2, -0.15) is 0 Å². The lowest BCUT2D eigenvalue weighted by atomic mass is 9.98. The Bertz CT molecular complexity index is 303. The van der Waals surface area contributed by atoms with Crippen molar-refractivity contribution in [2.75, 3.05) is 20.1 Å². The van der Waals surface area contributed by atoms with E-state index in [0.29, 0.717) is 13.1 Å². The molecule has 5 atom stereocenters. The number of thioether (sulfide) groups is 1. The lowest BCUT2D eigenvalue weighted by molar-refractivity contribution is -0.153. The van der Waals surface area contributed by atoms with Crippen molar-refractivity contribution in [1.82, 2.24) is 10.6 Å². The topological polar surface area (TPSA) is 86.1 Å². The number of ether oxygens (including phenoxy) is 1. The zero-order valence-corrected chi connectivity index (χ0v) is 10.8. The molecule has 17 heavy (non-hydrogen) atoms. The Morgan fingerprint density at radius 1 is 1.47 bits per heavy atom. The van der Waals surface area contributed by atoms with Crippen LogP contribution in [0, 0.1) is 0 Å². The van der Waals surface area contributed by atoms with Crippen LogP contribution in [0.25, 0.3) is 0 Å². The first-order valence-electron chi connectivity index (χ1n) is 5.81. The van der Waals surface area contributed by atoms with Crippen LogP contribution < -0.4 is 10.6 Å². The van der Waals surface area contributed by atoms with Crippen molar-refractivity contribution in [2.45, 2.75) is 36.7 Å². The Kier molecular flexibility index (Phi) is 4.26. The van der Waals surface area contributed by atoms with E-state index in [9.17, 15) is 10.2 Å². The molecular formula is C10H19N3O3S. The molecule has 6 nitrogen and oxygen atoms in total. The van der Waals surface area contributed by atoms with Crippen molar-refractivity contribution in [2.24, 2.45) is 4.99 Å². The molecular weight excluding hydrogens is 242 g/mol. The van der Waals surface area contributed by atoms with Gasteiger partial charge in [-0.15, -0.1) is 0 Å². The molecule has 0 aromatic rings. The van der Waals surface area contributed by atoms with Crippen LogP contribution in [0.5, 0.6) is 0 Å². The third-order valence-corrected chi connectivity index (χ3v) is 4.03. The normalized spacial score (nSPS) is 43.5. The fourth-order valence-corrected chi connectivity index (χ4v) is 3.27. The number of nitrogens with one attached hydrogen (secondary N) is 2. The van der Waals surface area contributed by atoms with Gasteiger partial charge in [-0.3, -0.25) is 4.99 Å². The molecule has 0 unspecified atom stereocenters. The largest absolute Gasteiger partial charge is 0.388 e. The van der Waals surface area contributed by atoms with Gasteiger partial charge in [-0.05, 0) is 14.0 Å². The van der Waals surface area contributed by atoms with Crippen molar-refractivity contribution in [1.29, 1.82) is 0 Å². The monoisotopic (exact) mass is 261 g/mol. The third kappa shape index (κ3) is 2.58. The van der Waals surface area contributed by atoms with E-state index in [1.165, 1.54) is 11.8 Å². The summed E-state index contributed by atoms with van der Waals surface area (Å²) < 4.78 is 5.76. The van der Waals surface area contributed by atoms with E-state index in [0.717, 1.165) is 5.17 Å². The van der Waals surface area contributed by atoms with Crippen LogP contribution in [0.4, 0.5) is 0 Å². The summed E-state index contributed by atoms with van der Waals surface area (Å²) in [5.41, 5.74) is -0.183. The minimum atomic E-state index is -0.877. The van der Waals surface area contributed by atoms with Gasteiger partial charge in [-0.1, -0.05) is 11.8 Å². The number of hydrogen-bond acceptors (Lipinski definition) is 6. The van der Waals surface area contributed by atoms with E-state index in [4.69, 9.17) is 4.74 Å². The highest BCUT2D eigenvalue weighted by Gasteiger charge is 2.48. The van der Waals surface area contributed by atoms with Gasteiger partial charge in [0.05, 0.1) is 6.04 Å². The third-order valence-electron chi connectivity index (χ3n) is 2.93. The summed E-state index contributed by atoms with van der Waals surface area (Å²) >= 11 is 1.47. The molecule has 0 saturated carbocycles. The molecule has 0 aromatic carbocycles. The molecule has 2 aliphatic rings. The molecule has 0 amide bonds. The zero-order chi connectivity index (χ0) is 12.4. The maximum absolute atomic E-state index is 10.0. The van der Waals surface area contributed by atoms with Gasteiger partial charge in [0.25, 0.3) is 0 Å². The highest BCUT2D eigenvalue weighted by atomic mass is 32.2. The highest BCUT2D eigenvalue weighted by Crippen LogP contribution is 2.33. The average molecular weight is 261 g/mol. The molecule has 0 aliphatic carbocycles. The fraction of sp³-hybridized carbons (Fsp3) is 0.900. The first-order chi connectivity index (χ1) is 8.17. The molecule has 7 heteroatoms. The standard InChI is InChI=1S/C10H19N3O3S/c1-3-12-10-13-6-8(15)7(14)5(4-11-2)16-9(6)17-10/h5-9,11,14-15H,3-4H2,1-2H3,(H,12,13)/t5-,6-,7-,8-,9-/m1/s1. The lowest BCUT2D eigenvalue weighted by Gasteiger charge is -2.38. The number of likely N-dealkylation sites (N-methyl/N-ethyl adjacent to an activating group) is 1. The van der Waals surface area contributed by atoms with Crippen LogP contribution in [-0.2, 0) is 4.74 Å². The van der Waals surface area contributed by atoms with Gasteiger partial charge in [0.2, 0.25) is 0 Å². The van der Waals surface area contributed by atoms with Crippen molar-refractivity contribution in [3.63, 3.8) is 0 Å². The van der Waals surface area contributed by atoms with Gasteiger partial charge >= 0.3 is 0 Å². The van der Waals surface area contributed by atoms with Crippen LogP contribution in [0.1, 0.15) is 6.92 Å². The molecule has 2 aliphatic heterocycles. The summed E-state index contributed by atoms with van der Waals surface area (Å²) in [6.07, 6.45) is -2.09. The van der Waals surface area contributed by atoms with Crippen molar-refractivity contribution < 1.29 is 14.9 Å². The van der Waals surface area contributed by atoms with E-state index >= 15 is 0 Å². The summed E-state index contributed by atoms with van der Waals surface area (Å²) in [5, 5.41) is 26.8. The minimum Gasteiger partial charge on any atom is -0.388 e. The number of aliphatic hydroxyl groups is 2. The molecule has 2 heterocycles. The molecule has 0 bridgehead atoms. The van der Waals surface area contributed by atoms with Gasteiger partial charge in [0.1, 0.15) is 23.7 Å². The average Bonchev–Trinajstić information content (AvgIpc) is 2.69. The SMILES string of the molecule is CCN=C1N[C@@H]2[C@@H](O)[C@H](O)[C@@H](CNC)O[C@@H]2S1. The lowest BCUT2D eigenvalue weighted by Crippen LogP contribution is -2.60. The van der Waals surface area contributed by atoms with E-state index < -0.39 is 12.2 Å². The first-order valence-corrected chi connectivity index (χ1v) is 6.69. The highest BCUT2D eigenvalue weighted by molar-refractivity contribution is 8.14. The summed E-state index contributed by atoms with van der Waals surface area (Å²) in [6, 6.07) is -0.284. The number of aliphatic imine (C=N–C) groups is 1. The number of aliphatic hydroxyl groups excluding tert-OH is 2. The zero-order valence-electron chi connectivity index (χ0n) is 9.96. The van der Waals surface area contributed by atoms with Gasteiger partial charge in [0, 0.05) is 13.1 Å². The van der Waals surface area contributed by atoms with Gasteiger partial charge in [0.15, 0.2) is 5.17 Å².